The third-order valence-electron chi connectivity index (χ3n) is 2.79. The van der Waals surface area contributed by atoms with Crippen molar-refractivity contribution in [2.45, 2.75) is 20.5 Å². The highest BCUT2D eigenvalue weighted by Gasteiger charge is 2.05. The summed E-state index contributed by atoms with van der Waals surface area (Å²) < 4.78 is 6.97. The van der Waals surface area contributed by atoms with Crippen molar-refractivity contribution in [1.82, 2.24) is 0 Å². The number of anilines is 1. The Kier molecular flexibility index (Phi) is 3.92. The molecule has 0 spiro atoms. The normalized spacial score (nSPS) is 10.4. The van der Waals surface area contributed by atoms with Crippen molar-refractivity contribution in [2.24, 2.45) is 0 Å². The average molecular weight is 306 g/mol. The highest BCUT2D eigenvalue weighted by atomic mass is 79.9. The molecule has 94 valence electrons. The minimum absolute atomic E-state index is 0.559. The fraction of sp³-hybridized carbons (Fsp3) is 0.200. The predicted octanol–water partition coefficient (Wildman–Crippen LogP) is 4.23. The van der Waals surface area contributed by atoms with Gasteiger partial charge < -0.3 is 10.5 Å². The van der Waals surface area contributed by atoms with Crippen LogP contribution in [0.25, 0.3) is 0 Å². The molecule has 3 heteroatoms. The molecule has 2 rings (SSSR count). The van der Waals surface area contributed by atoms with Gasteiger partial charge in [0.1, 0.15) is 12.4 Å². The second-order valence-electron chi connectivity index (χ2n) is 4.40. The van der Waals surface area contributed by atoms with Crippen molar-refractivity contribution in [3.8, 4) is 5.75 Å². The third kappa shape index (κ3) is 3.05. The summed E-state index contributed by atoms with van der Waals surface area (Å²) in [6, 6.07) is 11.9. The summed E-state index contributed by atoms with van der Waals surface area (Å²) in [6.07, 6.45) is 0. The van der Waals surface area contributed by atoms with Crippen LogP contribution in [0.5, 0.6) is 5.75 Å². The second kappa shape index (κ2) is 5.44. The van der Waals surface area contributed by atoms with Crippen LogP contribution in [0.1, 0.15) is 16.7 Å². The number of hydrogen-bond donors (Lipinski definition) is 1. The Morgan fingerprint density at radius 2 is 1.61 bits per heavy atom. The van der Waals surface area contributed by atoms with Gasteiger partial charge in [-0.05, 0) is 54.8 Å². The molecule has 2 aromatic carbocycles. The molecular formula is C15H16BrNO. The van der Waals surface area contributed by atoms with Crippen molar-refractivity contribution >= 4 is 21.6 Å². The van der Waals surface area contributed by atoms with Gasteiger partial charge in [-0.15, -0.1) is 0 Å². The molecule has 18 heavy (non-hydrogen) atoms. The van der Waals surface area contributed by atoms with E-state index in [0.29, 0.717) is 6.61 Å². The summed E-state index contributed by atoms with van der Waals surface area (Å²) in [6.45, 7) is 4.66. The van der Waals surface area contributed by atoms with Crippen LogP contribution in [0.4, 0.5) is 5.69 Å². The first-order valence-electron chi connectivity index (χ1n) is 5.80. The highest BCUT2D eigenvalue weighted by molar-refractivity contribution is 9.10. The van der Waals surface area contributed by atoms with Gasteiger partial charge in [-0.1, -0.05) is 28.1 Å². The van der Waals surface area contributed by atoms with E-state index in [0.717, 1.165) is 32.6 Å². The number of nitrogens with two attached hydrogens (primary N) is 1. The molecule has 0 radical (unpaired) electrons. The van der Waals surface area contributed by atoms with E-state index < -0.39 is 0 Å². The van der Waals surface area contributed by atoms with Crippen molar-refractivity contribution < 1.29 is 4.74 Å². The van der Waals surface area contributed by atoms with E-state index in [1.165, 1.54) is 0 Å². The lowest BCUT2D eigenvalue weighted by Gasteiger charge is -2.12. The number of ether oxygens (including phenoxy) is 1. The maximum absolute atomic E-state index is 5.89. The highest BCUT2D eigenvalue weighted by Crippen LogP contribution is 2.28. The molecule has 0 aromatic heterocycles. The molecule has 2 nitrogen and oxygen atoms in total. The number of benzene rings is 2. The van der Waals surface area contributed by atoms with Crippen LogP contribution in [0.3, 0.4) is 0 Å². The van der Waals surface area contributed by atoms with Crippen LogP contribution < -0.4 is 10.5 Å². The Bertz CT molecular complexity index is 526. The third-order valence-corrected chi connectivity index (χ3v) is 3.25. The van der Waals surface area contributed by atoms with E-state index in [1.807, 2.05) is 24.3 Å². The molecule has 0 unspecified atom stereocenters. The minimum Gasteiger partial charge on any atom is -0.488 e. The molecule has 0 aliphatic rings. The number of hydrogen-bond acceptors (Lipinski definition) is 2. The summed E-state index contributed by atoms with van der Waals surface area (Å²) in [4.78, 5) is 0. The lowest BCUT2D eigenvalue weighted by atomic mass is 10.1. The summed E-state index contributed by atoms with van der Waals surface area (Å²) in [5.74, 6) is 0.954. The monoisotopic (exact) mass is 305 g/mol. The van der Waals surface area contributed by atoms with Gasteiger partial charge in [-0.25, -0.2) is 0 Å². The van der Waals surface area contributed by atoms with Crippen LogP contribution >= 0.6 is 15.9 Å². The van der Waals surface area contributed by atoms with Gasteiger partial charge in [-0.2, -0.15) is 0 Å². The van der Waals surface area contributed by atoms with Gasteiger partial charge in [0.2, 0.25) is 0 Å². The van der Waals surface area contributed by atoms with Gasteiger partial charge in [-0.3, -0.25) is 0 Å². The van der Waals surface area contributed by atoms with Crippen LogP contribution in [-0.2, 0) is 6.61 Å². The molecule has 0 atom stereocenters. The summed E-state index contributed by atoms with van der Waals surface area (Å²) >= 11 is 3.48. The number of nitrogen functional groups attached to an aromatic ring is 1. The molecular weight excluding hydrogens is 290 g/mol. The quantitative estimate of drug-likeness (QED) is 0.861. The number of halogens is 1. The van der Waals surface area contributed by atoms with E-state index >= 15 is 0 Å². The summed E-state index contributed by atoms with van der Waals surface area (Å²) in [7, 11) is 0. The number of rotatable bonds is 3. The Labute approximate surface area is 116 Å². The van der Waals surface area contributed by atoms with Gasteiger partial charge >= 0.3 is 0 Å². The first-order valence-corrected chi connectivity index (χ1v) is 6.59. The molecule has 0 heterocycles. The van der Waals surface area contributed by atoms with Gasteiger partial charge in [0.05, 0.1) is 0 Å². The maximum atomic E-state index is 5.89. The Hall–Kier alpha value is -1.48. The molecule has 0 aliphatic carbocycles. The van der Waals surface area contributed by atoms with Crippen LogP contribution in [0.15, 0.2) is 40.9 Å². The van der Waals surface area contributed by atoms with Crippen molar-refractivity contribution in [2.75, 3.05) is 5.73 Å². The van der Waals surface area contributed by atoms with Gasteiger partial charge in [0.15, 0.2) is 0 Å². The van der Waals surface area contributed by atoms with E-state index in [-0.39, 0.29) is 0 Å². The topological polar surface area (TPSA) is 35.2 Å². The molecule has 0 fully saturated rings. The fourth-order valence-electron chi connectivity index (χ4n) is 1.89. The number of aryl methyl sites for hydroxylation is 2. The zero-order valence-corrected chi connectivity index (χ0v) is 12.1. The average Bonchev–Trinajstić information content (AvgIpc) is 2.30. The lowest BCUT2D eigenvalue weighted by Crippen LogP contribution is -1.99. The first-order chi connectivity index (χ1) is 8.56. The van der Waals surface area contributed by atoms with Crippen molar-refractivity contribution in [3.63, 3.8) is 0 Å². The summed E-state index contributed by atoms with van der Waals surface area (Å²) in [5.41, 5.74) is 9.82. The summed E-state index contributed by atoms with van der Waals surface area (Å²) in [5, 5.41) is 0. The molecule has 0 amide bonds. The van der Waals surface area contributed by atoms with Gasteiger partial charge in [0.25, 0.3) is 0 Å². The molecule has 2 aromatic rings. The Balaban J connectivity index is 2.13. The van der Waals surface area contributed by atoms with E-state index in [1.54, 1.807) is 0 Å². The molecule has 2 N–H and O–H groups in total. The largest absolute Gasteiger partial charge is 0.488 e. The van der Waals surface area contributed by atoms with E-state index in [9.17, 15) is 0 Å². The van der Waals surface area contributed by atoms with E-state index in [2.05, 4.69) is 41.9 Å². The Morgan fingerprint density at radius 3 is 2.17 bits per heavy atom. The fourth-order valence-corrected chi connectivity index (χ4v) is 2.58. The standard InChI is InChI=1S/C15H16BrNO/c1-10-7-13(16)8-11(2)15(10)18-9-12-3-5-14(17)6-4-12/h3-8H,9,17H2,1-2H3. The molecule has 0 saturated heterocycles. The van der Waals surface area contributed by atoms with Crippen molar-refractivity contribution in [1.29, 1.82) is 0 Å². The van der Waals surface area contributed by atoms with Crippen LogP contribution in [0, 0.1) is 13.8 Å². The van der Waals surface area contributed by atoms with Crippen LogP contribution in [-0.4, -0.2) is 0 Å². The second-order valence-corrected chi connectivity index (χ2v) is 5.31. The van der Waals surface area contributed by atoms with E-state index in [4.69, 9.17) is 10.5 Å². The zero-order chi connectivity index (χ0) is 13.1. The minimum atomic E-state index is 0.559. The lowest BCUT2D eigenvalue weighted by molar-refractivity contribution is 0.302. The molecule has 0 saturated carbocycles. The maximum Gasteiger partial charge on any atom is 0.125 e. The van der Waals surface area contributed by atoms with Crippen molar-refractivity contribution in [3.05, 3.63) is 57.6 Å². The van der Waals surface area contributed by atoms with Gasteiger partial charge in [0, 0.05) is 10.2 Å². The molecule has 0 bridgehead atoms. The SMILES string of the molecule is Cc1cc(Br)cc(C)c1OCc1ccc(N)cc1. The Morgan fingerprint density at radius 1 is 1.06 bits per heavy atom. The van der Waals surface area contributed by atoms with Crippen LogP contribution in [0.2, 0.25) is 0 Å². The zero-order valence-electron chi connectivity index (χ0n) is 10.5. The predicted molar refractivity (Wildman–Crippen MR) is 78.8 cm³/mol. The molecule has 0 aliphatic heterocycles. The first kappa shape index (κ1) is 13.0. The smallest absolute Gasteiger partial charge is 0.125 e.